The molecule has 0 N–H and O–H groups in total. The van der Waals surface area contributed by atoms with Crippen molar-refractivity contribution < 1.29 is 4.79 Å². The molecule has 0 aliphatic carbocycles. The summed E-state index contributed by atoms with van der Waals surface area (Å²) in [7, 11) is -1.28. The third kappa shape index (κ3) is 1.21. The minimum Gasteiger partial charge on any atom is -0.266 e. The summed E-state index contributed by atoms with van der Waals surface area (Å²) in [5.74, 6) is 4.74. The molecule has 0 saturated carbocycles. The zero-order valence-corrected chi connectivity index (χ0v) is 8.37. The maximum absolute atomic E-state index is 11.4. The molecule has 1 aromatic heterocycles. The Morgan fingerprint density at radius 1 is 1.67 bits per heavy atom. The predicted molar refractivity (Wildman–Crippen MR) is 55.2 cm³/mol. The lowest BCUT2D eigenvalue weighted by Gasteiger charge is -2.13. The first kappa shape index (κ1) is 8.01. The maximum atomic E-state index is 11.4. The van der Waals surface area contributed by atoms with Gasteiger partial charge in [-0.3, -0.25) is 4.79 Å². The van der Waals surface area contributed by atoms with Crippen molar-refractivity contribution >= 4 is 32.5 Å². The summed E-state index contributed by atoms with van der Waals surface area (Å²) in [5.41, 5.74) is 1.92. The molecule has 1 amide bonds. The fourth-order valence-corrected chi connectivity index (χ4v) is 3.65. The predicted octanol–water partition coefficient (Wildman–Crippen LogP) is 1.80. The molecule has 64 valence electrons. The van der Waals surface area contributed by atoms with Crippen LogP contribution in [0.15, 0.2) is 15.1 Å². The van der Waals surface area contributed by atoms with Crippen LogP contribution < -0.4 is 0 Å². The molecule has 0 radical (unpaired) electrons. The van der Waals surface area contributed by atoms with Crippen molar-refractivity contribution in [2.24, 2.45) is 4.36 Å². The number of hydrogen-bond donors (Lipinski definition) is 0. The van der Waals surface area contributed by atoms with E-state index in [1.54, 1.807) is 11.3 Å². The summed E-state index contributed by atoms with van der Waals surface area (Å²) in [5, 5.41) is 3.90. The van der Waals surface area contributed by atoms with Gasteiger partial charge in [0.2, 0.25) is 0 Å². The van der Waals surface area contributed by atoms with Crippen molar-refractivity contribution in [2.75, 3.05) is 6.26 Å². The standard InChI is InChI=1S/C8H9NOS2/c1-12(2)5-6-3-11-4-7(6)8(10)9-12/h3-4H,1,5H2,2H3. The van der Waals surface area contributed by atoms with Gasteiger partial charge in [-0.2, -0.15) is 15.7 Å². The fourth-order valence-electron chi connectivity index (χ4n) is 1.24. The lowest BCUT2D eigenvalue weighted by Crippen LogP contribution is -2.12. The Balaban J connectivity index is 2.65. The van der Waals surface area contributed by atoms with Gasteiger partial charge in [0.15, 0.2) is 0 Å². The fraction of sp³-hybridized carbons (Fsp3) is 0.250. The van der Waals surface area contributed by atoms with E-state index in [0.29, 0.717) is 0 Å². The first-order valence-electron chi connectivity index (χ1n) is 3.50. The van der Waals surface area contributed by atoms with E-state index in [0.717, 1.165) is 16.9 Å². The van der Waals surface area contributed by atoms with Crippen LogP contribution in [0, 0.1) is 0 Å². The van der Waals surface area contributed by atoms with E-state index in [4.69, 9.17) is 0 Å². The molecule has 4 heteroatoms. The molecule has 0 fully saturated rings. The van der Waals surface area contributed by atoms with E-state index < -0.39 is 9.41 Å². The Labute approximate surface area is 75.9 Å². The van der Waals surface area contributed by atoms with E-state index in [2.05, 4.69) is 10.2 Å². The Morgan fingerprint density at radius 3 is 3.17 bits per heavy atom. The van der Waals surface area contributed by atoms with Gasteiger partial charge in [0, 0.05) is 11.1 Å². The minimum absolute atomic E-state index is 0.0787. The summed E-state index contributed by atoms with van der Waals surface area (Å²) in [6.45, 7) is 0. The highest BCUT2D eigenvalue weighted by Crippen LogP contribution is 2.23. The molecular weight excluding hydrogens is 190 g/mol. The minimum atomic E-state index is -1.28. The van der Waals surface area contributed by atoms with Crippen molar-refractivity contribution in [3.63, 3.8) is 0 Å². The number of rotatable bonds is 0. The van der Waals surface area contributed by atoms with Gasteiger partial charge in [0.1, 0.15) is 0 Å². The zero-order chi connectivity index (χ0) is 8.77. The molecule has 0 aromatic carbocycles. The van der Waals surface area contributed by atoms with E-state index in [1.807, 2.05) is 17.0 Å². The van der Waals surface area contributed by atoms with Gasteiger partial charge >= 0.3 is 0 Å². The summed E-state index contributed by atoms with van der Waals surface area (Å²) >= 11 is 1.56. The Morgan fingerprint density at radius 2 is 2.42 bits per heavy atom. The first-order valence-corrected chi connectivity index (χ1v) is 6.78. The Bertz CT molecular complexity index is 449. The third-order valence-corrected chi connectivity index (χ3v) is 4.07. The van der Waals surface area contributed by atoms with Crippen LogP contribution in [-0.2, 0) is 15.2 Å². The quantitative estimate of drug-likeness (QED) is 0.586. The molecule has 1 aliphatic heterocycles. The number of amides is 1. The van der Waals surface area contributed by atoms with Crippen LogP contribution in [-0.4, -0.2) is 18.0 Å². The Hall–Kier alpha value is -0.610. The molecule has 2 rings (SSSR count). The van der Waals surface area contributed by atoms with Crippen molar-refractivity contribution in [2.45, 2.75) is 5.75 Å². The highest BCUT2D eigenvalue weighted by molar-refractivity contribution is 8.01. The summed E-state index contributed by atoms with van der Waals surface area (Å²) in [6.07, 6.45) is 1.96. The molecule has 0 bridgehead atoms. The van der Waals surface area contributed by atoms with E-state index in [-0.39, 0.29) is 5.91 Å². The van der Waals surface area contributed by atoms with Gasteiger partial charge in [-0.1, -0.05) is 5.87 Å². The van der Waals surface area contributed by atoms with Crippen LogP contribution in [0.1, 0.15) is 15.9 Å². The molecule has 2 heterocycles. The normalized spacial score (nSPS) is 27.9. The van der Waals surface area contributed by atoms with Crippen molar-refractivity contribution in [3.8, 4) is 0 Å². The summed E-state index contributed by atoms with van der Waals surface area (Å²) in [4.78, 5) is 11.4. The van der Waals surface area contributed by atoms with Crippen LogP contribution in [0.2, 0.25) is 0 Å². The van der Waals surface area contributed by atoms with Gasteiger partial charge < -0.3 is 0 Å². The number of carbonyl (C=O) groups is 1. The molecule has 2 nitrogen and oxygen atoms in total. The van der Waals surface area contributed by atoms with Crippen LogP contribution in [0.25, 0.3) is 0 Å². The van der Waals surface area contributed by atoms with E-state index in [9.17, 15) is 4.79 Å². The highest BCUT2D eigenvalue weighted by Gasteiger charge is 2.18. The number of nitrogens with zero attached hydrogens (tertiary/aromatic N) is 1. The van der Waals surface area contributed by atoms with E-state index in [1.165, 1.54) is 0 Å². The van der Waals surface area contributed by atoms with Crippen molar-refractivity contribution in [1.82, 2.24) is 0 Å². The van der Waals surface area contributed by atoms with Crippen molar-refractivity contribution in [3.05, 3.63) is 21.9 Å². The van der Waals surface area contributed by atoms with Crippen LogP contribution in [0.5, 0.6) is 0 Å². The second kappa shape index (κ2) is 2.44. The van der Waals surface area contributed by atoms with Gasteiger partial charge in [-0.05, 0) is 17.2 Å². The summed E-state index contributed by atoms with van der Waals surface area (Å²) < 4.78 is 4.07. The molecule has 1 aliphatic rings. The smallest absolute Gasteiger partial charge is 0.266 e. The molecule has 12 heavy (non-hydrogen) atoms. The second-order valence-electron chi connectivity index (χ2n) is 3.07. The topological polar surface area (TPSA) is 29.4 Å². The Kier molecular flexibility index (Phi) is 1.63. The zero-order valence-electron chi connectivity index (χ0n) is 6.74. The van der Waals surface area contributed by atoms with Gasteiger partial charge in [-0.15, -0.1) is 9.41 Å². The highest BCUT2D eigenvalue weighted by atomic mass is 32.2. The van der Waals surface area contributed by atoms with Gasteiger partial charge in [0.05, 0.1) is 5.56 Å². The van der Waals surface area contributed by atoms with E-state index >= 15 is 0 Å². The maximum Gasteiger partial charge on any atom is 0.283 e. The number of fused-ring (bicyclic) bond motifs is 1. The van der Waals surface area contributed by atoms with Crippen LogP contribution >= 0.6 is 11.3 Å². The number of carbonyl (C=O) groups excluding carboxylic acids is 1. The summed E-state index contributed by atoms with van der Waals surface area (Å²) in [6, 6.07) is 0. The van der Waals surface area contributed by atoms with Crippen LogP contribution in [0.3, 0.4) is 0 Å². The molecule has 0 saturated heterocycles. The lowest BCUT2D eigenvalue weighted by atomic mass is 10.2. The third-order valence-electron chi connectivity index (χ3n) is 1.74. The number of hydrogen-bond acceptors (Lipinski definition) is 2. The first-order chi connectivity index (χ1) is 5.58. The largest absolute Gasteiger partial charge is 0.283 e. The molecule has 1 atom stereocenters. The molecule has 1 unspecified atom stereocenters. The molecular formula is C8H9NOS2. The average Bonchev–Trinajstić information content (AvgIpc) is 2.31. The van der Waals surface area contributed by atoms with Gasteiger partial charge in [0.25, 0.3) is 5.91 Å². The lowest BCUT2D eigenvalue weighted by molar-refractivity contribution is 0.100. The van der Waals surface area contributed by atoms with Crippen molar-refractivity contribution in [1.29, 1.82) is 0 Å². The molecule has 0 spiro atoms. The van der Waals surface area contributed by atoms with Gasteiger partial charge in [-0.25, -0.2) is 0 Å². The van der Waals surface area contributed by atoms with Crippen LogP contribution in [0.4, 0.5) is 0 Å². The second-order valence-corrected chi connectivity index (χ2v) is 6.73. The SMILES string of the molecule is C=S1(C)=NC(=O)c2cscc2C1. The molecule has 1 aromatic rings. The number of thiophene rings is 1. The monoisotopic (exact) mass is 199 g/mol. The average molecular weight is 199 g/mol.